The van der Waals surface area contributed by atoms with Crippen LogP contribution in [0.3, 0.4) is 0 Å². The van der Waals surface area contributed by atoms with Crippen molar-refractivity contribution in [2.45, 2.75) is 16.3 Å². The van der Waals surface area contributed by atoms with Gasteiger partial charge in [0.15, 0.2) is 0 Å². The number of rotatable bonds is 5. The summed E-state index contributed by atoms with van der Waals surface area (Å²) in [4.78, 5) is 27.4. The summed E-state index contributed by atoms with van der Waals surface area (Å²) in [5.74, 6) is -0.0973. The second kappa shape index (κ2) is 7.71. The molecule has 2 aromatic carbocycles. The van der Waals surface area contributed by atoms with Crippen molar-refractivity contribution in [1.29, 1.82) is 0 Å². The van der Waals surface area contributed by atoms with E-state index in [1.54, 1.807) is 63.0 Å². The van der Waals surface area contributed by atoms with E-state index in [2.05, 4.69) is 0 Å². The normalized spacial score (nSPS) is 14.9. The summed E-state index contributed by atoms with van der Waals surface area (Å²) in [6.07, 6.45) is 2.34. The van der Waals surface area contributed by atoms with Gasteiger partial charge in [-0.15, -0.1) is 0 Å². The number of nitrogens with zero attached hydrogens (tertiary/aromatic N) is 3. The first-order valence-electron chi connectivity index (χ1n) is 9.36. The first kappa shape index (κ1) is 19.2. The number of piperazine rings is 1. The molecule has 29 heavy (non-hydrogen) atoms. The van der Waals surface area contributed by atoms with Crippen molar-refractivity contribution in [3.05, 3.63) is 60.8 Å². The number of aromatic nitrogens is 1. The lowest BCUT2D eigenvalue weighted by Gasteiger charge is -2.32. The number of amides is 2. The molecule has 2 heterocycles. The Kier molecular flexibility index (Phi) is 5.10. The fourth-order valence-electron chi connectivity index (χ4n) is 3.61. The molecule has 0 spiro atoms. The maximum absolute atomic E-state index is 13.2. The molecule has 2 amide bonds. The number of para-hydroxylation sites is 1. The Morgan fingerprint density at radius 3 is 2.28 bits per heavy atom. The lowest BCUT2D eigenvalue weighted by molar-refractivity contribution is -0.135. The van der Waals surface area contributed by atoms with Gasteiger partial charge < -0.3 is 14.4 Å². The van der Waals surface area contributed by atoms with E-state index in [4.69, 9.17) is 0 Å². The van der Waals surface area contributed by atoms with Crippen LogP contribution < -0.4 is 0 Å². The highest BCUT2D eigenvalue weighted by Gasteiger charge is 2.25. The van der Waals surface area contributed by atoms with E-state index in [0.717, 1.165) is 6.41 Å². The fourth-order valence-corrected chi connectivity index (χ4v) is 5.10. The van der Waals surface area contributed by atoms with Crippen LogP contribution in [0.4, 0.5) is 0 Å². The van der Waals surface area contributed by atoms with Gasteiger partial charge in [-0.25, -0.2) is 8.42 Å². The Bertz CT molecular complexity index is 1150. The van der Waals surface area contributed by atoms with Crippen LogP contribution in [0.1, 0.15) is 0 Å². The van der Waals surface area contributed by atoms with Gasteiger partial charge in [0.2, 0.25) is 22.2 Å². The average molecular weight is 411 g/mol. The van der Waals surface area contributed by atoms with E-state index in [-0.39, 0.29) is 22.2 Å². The molecule has 0 bridgehead atoms. The maximum Gasteiger partial charge on any atom is 0.242 e. The van der Waals surface area contributed by atoms with Gasteiger partial charge in [-0.1, -0.05) is 36.4 Å². The minimum absolute atomic E-state index is 0.0475. The van der Waals surface area contributed by atoms with Crippen molar-refractivity contribution in [3.63, 3.8) is 0 Å². The molecule has 1 aliphatic rings. The number of hydrogen-bond acceptors (Lipinski definition) is 4. The third-order valence-electron chi connectivity index (χ3n) is 5.22. The van der Waals surface area contributed by atoms with Gasteiger partial charge in [-0.05, 0) is 18.2 Å². The molecule has 4 rings (SSSR count). The highest BCUT2D eigenvalue weighted by molar-refractivity contribution is 7.91. The van der Waals surface area contributed by atoms with E-state index in [9.17, 15) is 18.0 Å². The van der Waals surface area contributed by atoms with E-state index in [1.165, 1.54) is 0 Å². The van der Waals surface area contributed by atoms with E-state index >= 15 is 0 Å². The first-order chi connectivity index (χ1) is 14.0. The molecule has 1 aliphatic heterocycles. The predicted molar refractivity (Wildman–Crippen MR) is 108 cm³/mol. The van der Waals surface area contributed by atoms with Gasteiger partial charge in [-0.3, -0.25) is 9.59 Å². The van der Waals surface area contributed by atoms with Crippen molar-refractivity contribution in [1.82, 2.24) is 14.4 Å². The minimum atomic E-state index is -3.71. The van der Waals surface area contributed by atoms with Crippen LogP contribution >= 0.6 is 0 Å². The van der Waals surface area contributed by atoms with Crippen molar-refractivity contribution in [2.24, 2.45) is 0 Å². The van der Waals surface area contributed by atoms with Crippen molar-refractivity contribution in [2.75, 3.05) is 26.2 Å². The second-order valence-corrected chi connectivity index (χ2v) is 8.90. The SMILES string of the molecule is O=CN1CCN(C(=O)Cn2cc(S(=O)(=O)c3ccccc3)c3ccccc32)CC1. The van der Waals surface area contributed by atoms with E-state index in [0.29, 0.717) is 37.1 Å². The topological polar surface area (TPSA) is 79.7 Å². The molecule has 0 saturated carbocycles. The summed E-state index contributed by atoms with van der Waals surface area (Å²) in [5, 5.41) is 0.593. The van der Waals surface area contributed by atoms with Gasteiger partial charge in [-0.2, -0.15) is 0 Å². The smallest absolute Gasteiger partial charge is 0.242 e. The zero-order chi connectivity index (χ0) is 20.4. The summed E-state index contributed by atoms with van der Waals surface area (Å²) in [5.41, 5.74) is 0.696. The van der Waals surface area contributed by atoms with Crippen molar-refractivity contribution < 1.29 is 18.0 Å². The standard InChI is InChI=1S/C21H21N3O4S/c25-16-22-10-12-23(13-11-22)21(26)15-24-14-20(18-8-4-5-9-19(18)24)29(27,28)17-6-2-1-3-7-17/h1-9,14,16H,10-13,15H2. The highest BCUT2D eigenvalue weighted by Crippen LogP contribution is 2.30. The molecular formula is C21H21N3O4S. The molecule has 0 radical (unpaired) electrons. The summed E-state index contributed by atoms with van der Waals surface area (Å²) < 4.78 is 28.0. The van der Waals surface area contributed by atoms with Gasteiger partial charge in [0.1, 0.15) is 6.54 Å². The first-order valence-corrected chi connectivity index (χ1v) is 10.8. The molecule has 7 nitrogen and oxygen atoms in total. The van der Waals surface area contributed by atoms with Crippen LogP contribution in [-0.4, -0.2) is 61.3 Å². The van der Waals surface area contributed by atoms with Gasteiger partial charge >= 0.3 is 0 Å². The number of carbonyl (C=O) groups excluding carboxylic acids is 2. The van der Waals surface area contributed by atoms with Crippen LogP contribution in [0.15, 0.2) is 70.6 Å². The van der Waals surface area contributed by atoms with Crippen molar-refractivity contribution >= 4 is 33.1 Å². The van der Waals surface area contributed by atoms with Crippen LogP contribution in [0, 0.1) is 0 Å². The lowest BCUT2D eigenvalue weighted by Crippen LogP contribution is -2.48. The maximum atomic E-state index is 13.2. The van der Waals surface area contributed by atoms with Crippen LogP contribution in [0.25, 0.3) is 10.9 Å². The Morgan fingerprint density at radius 2 is 1.59 bits per heavy atom. The number of carbonyl (C=O) groups is 2. The predicted octanol–water partition coefficient (Wildman–Crippen LogP) is 1.77. The molecule has 3 aromatic rings. The number of benzene rings is 2. The summed E-state index contributed by atoms with van der Waals surface area (Å²) >= 11 is 0. The van der Waals surface area contributed by atoms with Crippen molar-refractivity contribution in [3.8, 4) is 0 Å². The van der Waals surface area contributed by atoms with E-state index < -0.39 is 9.84 Å². The van der Waals surface area contributed by atoms with Crippen LogP contribution in [-0.2, 0) is 26.0 Å². The molecule has 1 aromatic heterocycles. The monoisotopic (exact) mass is 411 g/mol. The quantitative estimate of drug-likeness (QED) is 0.600. The highest BCUT2D eigenvalue weighted by atomic mass is 32.2. The Labute approximate surface area is 169 Å². The second-order valence-electron chi connectivity index (χ2n) is 6.98. The number of fused-ring (bicyclic) bond motifs is 1. The fraction of sp³-hybridized carbons (Fsp3) is 0.238. The molecule has 0 unspecified atom stereocenters. The summed E-state index contributed by atoms with van der Waals surface area (Å²) in [7, 11) is -3.71. The summed E-state index contributed by atoms with van der Waals surface area (Å²) in [6, 6.07) is 15.5. The van der Waals surface area contributed by atoms with E-state index in [1.807, 2.05) is 12.1 Å². The van der Waals surface area contributed by atoms with Crippen LogP contribution in [0.5, 0.6) is 0 Å². The zero-order valence-electron chi connectivity index (χ0n) is 15.8. The number of hydrogen-bond donors (Lipinski definition) is 0. The third kappa shape index (κ3) is 3.63. The minimum Gasteiger partial charge on any atom is -0.342 e. The molecule has 0 atom stereocenters. The molecule has 1 fully saturated rings. The number of sulfone groups is 1. The molecular weight excluding hydrogens is 390 g/mol. The zero-order valence-corrected chi connectivity index (χ0v) is 16.6. The summed E-state index contributed by atoms with van der Waals surface area (Å²) in [6.45, 7) is 2.02. The Hall–Kier alpha value is -3.13. The Morgan fingerprint density at radius 1 is 0.931 bits per heavy atom. The van der Waals surface area contributed by atoms with Crippen LogP contribution in [0.2, 0.25) is 0 Å². The molecule has 0 aliphatic carbocycles. The lowest BCUT2D eigenvalue weighted by atomic mass is 10.2. The molecule has 150 valence electrons. The molecule has 0 N–H and O–H groups in total. The third-order valence-corrected chi connectivity index (χ3v) is 7.01. The van der Waals surface area contributed by atoms with Gasteiger partial charge in [0, 0.05) is 43.3 Å². The largest absolute Gasteiger partial charge is 0.342 e. The average Bonchev–Trinajstić information content (AvgIpc) is 3.14. The molecule has 1 saturated heterocycles. The molecule has 8 heteroatoms. The Balaban J connectivity index is 1.67. The van der Waals surface area contributed by atoms with Gasteiger partial charge in [0.05, 0.1) is 9.79 Å². The van der Waals surface area contributed by atoms with Gasteiger partial charge in [0.25, 0.3) is 0 Å².